The van der Waals surface area contributed by atoms with Gasteiger partial charge in [0.25, 0.3) is 0 Å². The summed E-state index contributed by atoms with van der Waals surface area (Å²) in [5, 5.41) is 0.109. The summed E-state index contributed by atoms with van der Waals surface area (Å²) in [6.07, 6.45) is 6.26. The van der Waals surface area contributed by atoms with Crippen molar-refractivity contribution in [3.63, 3.8) is 0 Å². The Bertz CT molecular complexity index is 384. The summed E-state index contributed by atoms with van der Waals surface area (Å²) in [6, 6.07) is 3.87. The van der Waals surface area contributed by atoms with Crippen LogP contribution in [0.3, 0.4) is 0 Å². The first-order valence-corrected chi connectivity index (χ1v) is 7.36. The molecule has 1 atom stereocenters. The van der Waals surface area contributed by atoms with Crippen LogP contribution in [0.2, 0.25) is 0 Å². The van der Waals surface area contributed by atoms with Crippen molar-refractivity contribution in [1.82, 2.24) is 4.90 Å². The zero-order valence-electron chi connectivity index (χ0n) is 9.80. The Balaban J connectivity index is 1.75. The van der Waals surface area contributed by atoms with Crippen LogP contribution < -0.4 is 0 Å². The fourth-order valence-corrected chi connectivity index (χ4v) is 3.98. The maximum atomic E-state index is 12.4. The molecule has 2 aliphatic rings. The standard InChI is InChI=1S/C13H17NO2S/c15-12(10-4-1-2-5-10)14-7-9-17-13(14)11-6-3-8-16-11/h3,6,8,10,13H,1-2,4-5,7,9H2/t13-/m1/s1. The van der Waals surface area contributed by atoms with Gasteiger partial charge in [-0.05, 0) is 25.0 Å². The molecule has 1 aromatic heterocycles. The summed E-state index contributed by atoms with van der Waals surface area (Å²) in [6.45, 7) is 0.866. The molecule has 0 bridgehead atoms. The van der Waals surface area contributed by atoms with Gasteiger partial charge in [0, 0.05) is 18.2 Å². The maximum Gasteiger partial charge on any atom is 0.226 e. The van der Waals surface area contributed by atoms with E-state index in [1.54, 1.807) is 18.0 Å². The van der Waals surface area contributed by atoms with Crippen molar-refractivity contribution in [2.75, 3.05) is 12.3 Å². The molecule has 1 saturated carbocycles. The first kappa shape index (κ1) is 11.2. The second kappa shape index (κ2) is 4.77. The van der Waals surface area contributed by atoms with Gasteiger partial charge in [-0.3, -0.25) is 4.79 Å². The Labute approximate surface area is 106 Å². The average molecular weight is 251 g/mol. The van der Waals surface area contributed by atoms with Crippen LogP contribution in [0.15, 0.2) is 22.8 Å². The number of carbonyl (C=O) groups excluding carboxylic acids is 1. The average Bonchev–Trinajstić information content (AvgIpc) is 3.09. The highest BCUT2D eigenvalue weighted by Gasteiger charge is 2.36. The quantitative estimate of drug-likeness (QED) is 0.810. The fourth-order valence-electron chi connectivity index (χ4n) is 2.77. The molecular formula is C13H17NO2S. The lowest BCUT2D eigenvalue weighted by molar-refractivity contribution is -0.135. The molecule has 0 N–H and O–H groups in total. The summed E-state index contributed by atoms with van der Waals surface area (Å²) in [5.41, 5.74) is 0. The minimum Gasteiger partial charge on any atom is -0.466 e. The molecule has 0 unspecified atom stereocenters. The zero-order valence-corrected chi connectivity index (χ0v) is 10.6. The molecule has 1 aliphatic carbocycles. The molecule has 3 rings (SSSR count). The number of carbonyl (C=O) groups is 1. The van der Waals surface area contributed by atoms with E-state index in [0.717, 1.165) is 30.9 Å². The number of hydrogen-bond acceptors (Lipinski definition) is 3. The van der Waals surface area contributed by atoms with E-state index in [-0.39, 0.29) is 11.3 Å². The van der Waals surface area contributed by atoms with Crippen LogP contribution >= 0.6 is 11.8 Å². The van der Waals surface area contributed by atoms with Crippen LogP contribution in [-0.4, -0.2) is 23.1 Å². The van der Waals surface area contributed by atoms with Gasteiger partial charge in [0.1, 0.15) is 11.1 Å². The Morgan fingerprint density at radius 1 is 1.41 bits per heavy atom. The number of nitrogens with zero attached hydrogens (tertiary/aromatic N) is 1. The summed E-state index contributed by atoms with van der Waals surface area (Å²) >= 11 is 1.81. The van der Waals surface area contributed by atoms with Crippen molar-refractivity contribution in [3.8, 4) is 0 Å². The van der Waals surface area contributed by atoms with Crippen LogP contribution in [0.4, 0.5) is 0 Å². The first-order valence-electron chi connectivity index (χ1n) is 6.32. The van der Waals surface area contributed by atoms with Crippen LogP contribution in [0.1, 0.15) is 36.8 Å². The highest BCUT2D eigenvalue weighted by atomic mass is 32.2. The van der Waals surface area contributed by atoms with Crippen LogP contribution in [-0.2, 0) is 4.79 Å². The number of furan rings is 1. The van der Waals surface area contributed by atoms with Crippen molar-refractivity contribution in [3.05, 3.63) is 24.2 Å². The van der Waals surface area contributed by atoms with Crippen molar-refractivity contribution >= 4 is 17.7 Å². The van der Waals surface area contributed by atoms with E-state index in [1.807, 2.05) is 17.0 Å². The molecule has 2 heterocycles. The van der Waals surface area contributed by atoms with E-state index >= 15 is 0 Å². The van der Waals surface area contributed by atoms with Gasteiger partial charge in [-0.1, -0.05) is 12.8 Å². The number of amides is 1. The highest BCUT2D eigenvalue weighted by molar-refractivity contribution is 7.99. The van der Waals surface area contributed by atoms with Gasteiger partial charge >= 0.3 is 0 Å². The molecule has 4 heteroatoms. The third-order valence-electron chi connectivity index (χ3n) is 3.67. The van der Waals surface area contributed by atoms with Crippen molar-refractivity contribution < 1.29 is 9.21 Å². The minimum atomic E-state index is 0.109. The zero-order chi connectivity index (χ0) is 11.7. The van der Waals surface area contributed by atoms with E-state index in [1.165, 1.54) is 12.8 Å². The van der Waals surface area contributed by atoms with Crippen LogP contribution in [0.25, 0.3) is 0 Å². The predicted molar refractivity (Wildman–Crippen MR) is 67.6 cm³/mol. The molecule has 0 radical (unpaired) electrons. The van der Waals surface area contributed by atoms with Crippen LogP contribution in [0.5, 0.6) is 0 Å². The maximum absolute atomic E-state index is 12.4. The molecule has 1 amide bonds. The topological polar surface area (TPSA) is 33.5 Å². The fraction of sp³-hybridized carbons (Fsp3) is 0.615. The molecular weight excluding hydrogens is 234 g/mol. The summed E-state index contributed by atoms with van der Waals surface area (Å²) in [5.74, 6) is 2.54. The van der Waals surface area contributed by atoms with Gasteiger partial charge in [0.05, 0.1) is 6.26 Å². The molecule has 17 heavy (non-hydrogen) atoms. The van der Waals surface area contributed by atoms with E-state index in [9.17, 15) is 4.79 Å². The van der Waals surface area contributed by atoms with E-state index in [2.05, 4.69) is 0 Å². The molecule has 3 nitrogen and oxygen atoms in total. The lowest BCUT2D eigenvalue weighted by Crippen LogP contribution is -2.34. The SMILES string of the molecule is O=C(C1CCCC1)N1CCS[C@@H]1c1ccco1. The molecule has 2 fully saturated rings. The van der Waals surface area contributed by atoms with Gasteiger partial charge < -0.3 is 9.32 Å². The van der Waals surface area contributed by atoms with Crippen molar-refractivity contribution in [2.24, 2.45) is 5.92 Å². The van der Waals surface area contributed by atoms with Crippen molar-refractivity contribution in [2.45, 2.75) is 31.1 Å². The van der Waals surface area contributed by atoms with Gasteiger partial charge in [-0.2, -0.15) is 0 Å². The normalized spacial score (nSPS) is 25.6. The van der Waals surface area contributed by atoms with E-state index in [0.29, 0.717) is 5.91 Å². The molecule has 0 spiro atoms. The van der Waals surface area contributed by atoms with E-state index < -0.39 is 0 Å². The monoisotopic (exact) mass is 251 g/mol. The molecule has 1 aromatic rings. The second-order valence-electron chi connectivity index (χ2n) is 4.75. The predicted octanol–water partition coefficient (Wildman–Crippen LogP) is 3.04. The Morgan fingerprint density at radius 2 is 2.24 bits per heavy atom. The molecule has 0 aromatic carbocycles. The Morgan fingerprint density at radius 3 is 2.94 bits per heavy atom. The summed E-state index contributed by atoms with van der Waals surface area (Å²) < 4.78 is 5.45. The second-order valence-corrected chi connectivity index (χ2v) is 5.94. The number of thioether (sulfide) groups is 1. The number of rotatable bonds is 2. The number of hydrogen-bond donors (Lipinski definition) is 0. The largest absolute Gasteiger partial charge is 0.466 e. The minimum absolute atomic E-state index is 0.109. The lowest BCUT2D eigenvalue weighted by atomic mass is 10.1. The summed E-state index contributed by atoms with van der Waals surface area (Å²) in [4.78, 5) is 14.4. The third kappa shape index (κ3) is 2.10. The van der Waals surface area contributed by atoms with Gasteiger partial charge in [0.2, 0.25) is 5.91 Å². The van der Waals surface area contributed by atoms with Crippen LogP contribution in [0, 0.1) is 5.92 Å². The van der Waals surface area contributed by atoms with E-state index in [4.69, 9.17) is 4.42 Å². The Kier molecular flexibility index (Phi) is 3.14. The third-order valence-corrected chi connectivity index (χ3v) is 4.89. The van der Waals surface area contributed by atoms with Gasteiger partial charge in [-0.15, -0.1) is 11.8 Å². The highest BCUT2D eigenvalue weighted by Crippen LogP contribution is 2.40. The lowest BCUT2D eigenvalue weighted by Gasteiger charge is -2.25. The van der Waals surface area contributed by atoms with Gasteiger partial charge in [-0.25, -0.2) is 0 Å². The summed E-state index contributed by atoms with van der Waals surface area (Å²) in [7, 11) is 0. The van der Waals surface area contributed by atoms with Crippen molar-refractivity contribution in [1.29, 1.82) is 0 Å². The first-order chi connectivity index (χ1) is 8.36. The molecule has 1 saturated heterocycles. The molecule has 1 aliphatic heterocycles. The Hall–Kier alpha value is -0.900. The molecule has 92 valence electrons. The van der Waals surface area contributed by atoms with Gasteiger partial charge in [0.15, 0.2) is 0 Å². The smallest absolute Gasteiger partial charge is 0.226 e.